The van der Waals surface area contributed by atoms with Gasteiger partial charge < -0.3 is 81.9 Å². The molecule has 20 heteroatoms. The number of hydrogen-bond donors (Lipinski definition) is 16. The number of likely N-dealkylation sites (N-methyl/N-ethyl adjacent to an activating group) is 1. The third-order valence-electron chi connectivity index (χ3n) is 6.62. The molecular weight excluding hydrogens is 540 g/mol. The monoisotopic (exact) mass is 568 g/mol. The number of fused-ring (bicyclic) bond motifs is 1. The first kappa shape index (κ1) is 30.4. The summed E-state index contributed by atoms with van der Waals surface area (Å²) in [5, 5.41) is 155. The van der Waals surface area contributed by atoms with Gasteiger partial charge in [-0.1, -0.05) is 0 Å². The van der Waals surface area contributed by atoms with Gasteiger partial charge in [0.25, 0.3) is 17.5 Å². The number of phenolic OH excluding ortho intramolecular Hbond substituents is 4. The number of likely N-dealkylation sites (tertiary alicyclic amines) is 1. The van der Waals surface area contributed by atoms with Crippen molar-refractivity contribution in [3.8, 4) is 23.0 Å². The summed E-state index contributed by atoms with van der Waals surface area (Å²) in [7, 11) is 0.876. The Hall–Kier alpha value is -3.12. The summed E-state index contributed by atoms with van der Waals surface area (Å²) >= 11 is 0. The second-order valence-corrected chi connectivity index (χ2v) is 9.36. The van der Waals surface area contributed by atoms with Gasteiger partial charge in [0.1, 0.15) is 11.7 Å². The Kier molecular flexibility index (Phi) is 6.98. The first-order valence-corrected chi connectivity index (χ1v) is 10.8. The van der Waals surface area contributed by atoms with Gasteiger partial charge in [-0.05, 0) is 14.0 Å². The molecule has 1 aliphatic heterocycles. The Labute approximate surface area is 215 Å². The topological polar surface area (TPSA) is 354 Å². The molecule has 0 saturated carbocycles. The predicted molar refractivity (Wildman–Crippen MR) is 117 cm³/mol. The van der Waals surface area contributed by atoms with Gasteiger partial charge in [-0.25, -0.2) is 4.90 Å². The van der Waals surface area contributed by atoms with Crippen molar-refractivity contribution in [2.75, 3.05) is 7.05 Å². The average Bonchev–Trinajstić information content (AvgIpc) is 3.20. The quantitative estimate of drug-likeness (QED) is 0.0874. The van der Waals surface area contributed by atoms with Crippen molar-refractivity contribution in [1.82, 2.24) is 20.0 Å². The third-order valence-corrected chi connectivity index (χ3v) is 6.62. The second-order valence-electron chi connectivity index (χ2n) is 9.36. The summed E-state index contributed by atoms with van der Waals surface area (Å²) in [6, 6.07) is -1.57. The van der Waals surface area contributed by atoms with Gasteiger partial charge >= 0.3 is 6.10 Å². The number of nitrogens with zero attached hydrogens (tertiary/aromatic N) is 3. The number of rotatable bonds is 6. The van der Waals surface area contributed by atoms with Crippen molar-refractivity contribution in [2.45, 2.75) is 61.2 Å². The van der Waals surface area contributed by atoms with Crippen molar-refractivity contribution in [1.29, 1.82) is 0 Å². The molecule has 2 aromatic rings. The molecule has 1 aliphatic rings. The number of aromatic nitrogens is 2. The van der Waals surface area contributed by atoms with E-state index in [0.29, 0.717) is 11.8 Å². The molecule has 2 heterocycles. The highest BCUT2D eigenvalue weighted by Crippen LogP contribution is 2.50. The molecular formula is C19H28N4O16. The molecule has 1 saturated heterocycles. The molecule has 16 N–H and O–H groups in total. The smallest absolute Gasteiger partial charge is 0.389 e. The summed E-state index contributed by atoms with van der Waals surface area (Å²) in [5.74, 6) is -19.1. The van der Waals surface area contributed by atoms with Crippen LogP contribution in [0.5, 0.6) is 23.0 Å². The van der Waals surface area contributed by atoms with E-state index < -0.39 is 99.8 Å². The molecule has 1 fully saturated rings. The van der Waals surface area contributed by atoms with E-state index in [1.807, 2.05) is 0 Å². The largest absolute Gasteiger partial charge is 0.504 e. The lowest BCUT2D eigenvalue weighted by atomic mass is 9.80. The zero-order valence-corrected chi connectivity index (χ0v) is 20.0. The standard InChI is InChI=1S/C19H28N4O16/c1-15(30,31)17(33,34)18(35,36)16(32)4-5(3-6(24)22(16)2)20-14(29)8-7-9(23(21-8)19(37,38)39)11(26)13(28)12(27)10(7)25/h5-6,24-28,30-39H,3-4H2,1-2H3,(H,20,29). The minimum absolute atomic E-state index is 0.243. The number of aromatic hydroxyl groups is 4. The first-order chi connectivity index (χ1) is 17.4. The summed E-state index contributed by atoms with van der Waals surface area (Å²) < 4.78 is -0.243. The van der Waals surface area contributed by atoms with Crippen LogP contribution < -0.4 is 5.32 Å². The number of nitrogens with one attached hydrogen (secondary N) is 1. The highest BCUT2D eigenvalue weighted by molar-refractivity contribution is 6.10. The summed E-state index contributed by atoms with van der Waals surface area (Å²) in [6.45, 7) is 0.329. The van der Waals surface area contributed by atoms with Gasteiger partial charge in [-0.2, -0.15) is 9.78 Å². The number of piperidine rings is 1. The fraction of sp³-hybridized carbons (Fsp3) is 0.579. The van der Waals surface area contributed by atoms with E-state index in [0.717, 1.165) is 7.05 Å². The molecule has 39 heavy (non-hydrogen) atoms. The molecule has 3 unspecified atom stereocenters. The average molecular weight is 568 g/mol. The van der Waals surface area contributed by atoms with Crippen LogP contribution in [0.3, 0.4) is 0 Å². The number of benzene rings is 1. The zero-order valence-electron chi connectivity index (χ0n) is 20.0. The molecule has 20 nitrogen and oxygen atoms in total. The van der Waals surface area contributed by atoms with E-state index in [1.54, 1.807) is 0 Å². The normalized spacial score (nSPS) is 23.8. The summed E-state index contributed by atoms with van der Waals surface area (Å²) in [5.41, 5.74) is -5.48. The van der Waals surface area contributed by atoms with E-state index in [4.69, 9.17) is 0 Å². The van der Waals surface area contributed by atoms with Crippen LogP contribution in [0, 0.1) is 0 Å². The molecule has 0 radical (unpaired) electrons. The molecule has 0 aliphatic carbocycles. The maximum atomic E-state index is 13.1. The Morgan fingerprint density at radius 1 is 0.949 bits per heavy atom. The molecule has 220 valence electrons. The molecule has 3 rings (SSSR count). The van der Waals surface area contributed by atoms with E-state index >= 15 is 0 Å². The highest BCUT2D eigenvalue weighted by Gasteiger charge is 2.71. The van der Waals surface area contributed by atoms with E-state index in [1.165, 1.54) is 0 Å². The number of phenols is 4. The second kappa shape index (κ2) is 8.95. The summed E-state index contributed by atoms with van der Waals surface area (Å²) in [6.07, 6.45) is -7.47. The Bertz CT molecular complexity index is 1300. The van der Waals surface area contributed by atoms with Crippen molar-refractivity contribution < 1.29 is 81.4 Å². The van der Waals surface area contributed by atoms with Gasteiger partial charge in [0.15, 0.2) is 22.9 Å². The lowest BCUT2D eigenvalue weighted by Crippen LogP contribution is -2.81. The lowest BCUT2D eigenvalue weighted by Gasteiger charge is -2.56. The van der Waals surface area contributed by atoms with Crippen LogP contribution in [-0.2, 0) is 6.10 Å². The first-order valence-electron chi connectivity index (χ1n) is 10.8. The van der Waals surface area contributed by atoms with E-state index in [-0.39, 0.29) is 4.68 Å². The van der Waals surface area contributed by atoms with Gasteiger partial charge in [0, 0.05) is 18.9 Å². The van der Waals surface area contributed by atoms with Crippen molar-refractivity contribution in [3.63, 3.8) is 0 Å². The number of aliphatic hydroxyl groups is 11. The number of hydrogen-bond acceptors (Lipinski definition) is 18. The highest BCUT2D eigenvalue weighted by atomic mass is 16.7. The van der Waals surface area contributed by atoms with Crippen molar-refractivity contribution in [3.05, 3.63) is 5.69 Å². The Morgan fingerprint density at radius 2 is 1.46 bits per heavy atom. The minimum atomic E-state index is -4.28. The van der Waals surface area contributed by atoms with Crippen molar-refractivity contribution in [2.24, 2.45) is 0 Å². The summed E-state index contributed by atoms with van der Waals surface area (Å²) in [4.78, 5) is 13.5. The Morgan fingerprint density at radius 3 is 1.95 bits per heavy atom. The fourth-order valence-corrected chi connectivity index (χ4v) is 4.28. The molecule has 0 bridgehead atoms. The van der Waals surface area contributed by atoms with Gasteiger partial charge in [-0.3, -0.25) is 4.79 Å². The van der Waals surface area contributed by atoms with Gasteiger partial charge in [0.2, 0.25) is 17.3 Å². The van der Waals surface area contributed by atoms with Crippen LogP contribution >= 0.6 is 0 Å². The molecule has 1 aromatic carbocycles. The van der Waals surface area contributed by atoms with E-state index in [9.17, 15) is 81.4 Å². The Balaban J connectivity index is 2.09. The predicted octanol–water partition coefficient (Wildman–Crippen LogP) is -6.70. The third kappa shape index (κ3) is 4.37. The number of amides is 1. The van der Waals surface area contributed by atoms with Crippen LogP contribution in [-0.4, -0.2) is 140 Å². The van der Waals surface area contributed by atoms with Crippen LogP contribution in [0.15, 0.2) is 0 Å². The van der Waals surface area contributed by atoms with E-state index in [2.05, 4.69) is 10.4 Å². The van der Waals surface area contributed by atoms with Crippen LogP contribution in [0.4, 0.5) is 0 Å². The lowest BCUT2D eigenvalue weighted by molar-refractivity contribution is -0.497. The number of carbonyl (C=O) groups is 1. The molecule has 3 atom stereocenters. The van der Waals surface area contributed by atoms with Gasteiger partial charge in [0.05, 0.1) is 5.39 Å². The van der Waals surface area contributed by atoms with Crippen molar-refractivity contribution >= 4 is 16.8 Å². The maximum absolute atomic E-state index is 13.1. The minimum Gasteiger partial charge on any atom is -0.504 e. The molecule has 1 aromatic heterocycles. The van der Waals surface area contributed by atoms with Crippen LogP contribution in [0.25, 0.3) is 10.9 Å². The number of aliphatic hydroxyl groups excluding tert-OH is 1. The SMILES string of the molecule is CN1C(O)CC(NC(=O)c2nn(C(O)(O)O)c3c(O)c(O)c(O)c(O)c23)CC1(O)C(O)(O)C(O)(O)C(C)(O)O. The molecule has 1 amide bonds. The maximum Gasteiger partial charge on any atom is 0.389 e. The van der Waals surface area contributed by atoms with Crippen LogP contribution in [0.2, 0.25) is 0 Å². The number of carbonyl (C=O) groups excluding carboxylic acids is 1. The van der Waals surface area contributed by atoms with Gasteiger partial charge in [-0.15, -0.1) is 0 Å². The molecule has 0 spiro atoms. The zero-order chi connectivity index (χ0) is 30.3. The van der Waals surface area contributed by atoms with Crippen LogP contribution in [0.1, 0.15) is 30.3 Å². The fourth-order valence-electron chi connectivity index (χ4n) is 4.28.